The summed E-state index contributed by atoms with van der Waals surface area (Å²) in [5, 5.41) is 11.3. The second-order valence-electron chi connectivity index (χ2n) is 7.02. The molecule has 0 bridgehead atoms. The molecule has 2 heterocycles. The van der Waals surface area contributed by atoms with Gasteiger partial charge in [-0.05, 0) is 48.5 Å². The second-order valence-corrected chi connectivity index (χ2v) is 8.89. The number of thiocarbonyl (C=S) groups is 1. The lowest BCUT2D eigenvalue weighted by molar-refractivity contribution is 0.0528. The van der Waals surface area contributed by atoms with Crippen molar-refractivity contribution in [3.05, 3.63) is 82.9 Å². The van der Waals surface area contributed by atoms with E-state index in [1.807, 2.05) is 30.3 Å². The van der Waals surface area contributed by atoms with Gasteiger partial charge in [0.15, 0.2) is 5.11 Å². The highest BCUT2D eigenvalue weighted by atomic mass is 35.5. The highest BCUT2D eigenvalue weighted by Crippen LogP contribution is 2.36. The third kappa shape index (κ3) is 5.77. The van der Waals surface area contributed by atoms with Gasteiger partial charge >= 0.3 is 5.97 Å². The quantitative estimate of drug-likeness (QED) is 0.236. The smallest absolute Gasteiger partial charge is 0.341 e. The molecule has 0 amide bonds. The highest BCUT2D eigenvalue weighted by molar-refractivity contribution is 7.80. The van der Waals surface area contributed by atoms with Crippen LogP contribution < -0.4 is 10.6 Å². The second kappa shape index (κ2) is 10.7. The van der Waals surface area contributed by atoms with Crippen LogP contribution in [0.2, 0.25) is 5.02 Å². The maximum Gasteiger partial charge on any atom is 0.341 e. The van der Waals surface area contributed by atoms with E-state index in [0.29, 0.717) is 27.7 Å². The molecule has 11 heteroatoms. The fraction of sp³-hybridized carbons (Fsp3) is 0.130. The van der Waals surface area contributed by atoms with Crippen molar-refractivity contribution >= 4 is 57.2 Å². The lowest BCUT2D eigenvalue weighted by Gasteiger charge is -2.08. The Bertz CT molecular complexity index is 1330. The van der Waals surface area contributed by atoms with Crippen molar-refractivity contribution in [2.45, 2.75) is 13.5 Å². The molecule has 4 aromatic rings. The Balaban J connectivity index is 1.47. The average Bonchev–Trinajstić information content (AvgIpc) is 3.43. The fourth-order valence-electron chi connectivity index (χ4n) is 3.08. The van der Waals surface area contributed by atoms with E-state index < -0.39 is 11.8 Å². The van der Waals surface area contributed by atoms with Gasteiger partial charge in [0, 0.05) is 9.90 Å². The molecule has 7 nitrogen and oxygen atoms in total. The Morgan fingerprint density at radius 3 is 2.74 bits per heavy atom. The van der Waals surface area contributed by atoms with Gasteiger partial charge in [0.1, 0.15) is 17.1 Å². The number of carbonyl (C=O) groups excluding carboxylic acids is 1. The van der Waals surface area contributed by atoms with Crippen molar-refractivity contribution in [1.82, 2.24) is 14.8 Å². The first-order valence-corrected chi connectivity index (χ1v) is 11.8. The Labute approximate surface area is 209 Å². The number of halogens is 2. The summed E-state index contributed by atoms with van der Waals surface area (Å²) in [4.78, 5) is 17.6. The van der Waals surface area contributed by atoms with Crippen LogP contribution in [0.5, 0.6) is 0 Å². The van der Waals surface area contributed by atoms with Crippen molar-refractivity contribution in [3.63, 3.8) is 0 Å². The van der Waals surface area contributed by atoms with Crippen molar-refractivity contribution in [1.29, 1.82) is 0 Å². The number of anilines is 2. The molecule has 0 saturated carbocycles. The molecule has 2 N–H and O–H groups in total. The molecule has 0 fully saturated rings. The van der Waals surface area contributed by atoms with Crippen LogP contribution in [-0.4, -0.2) is 32.5 Å². The summed E-state index contributed by atoms with van der Waals surface area (Å²) < 4.78 is 20.0. The minimum Gasteiger partial charge on any atom is -0.462 e. The lowest BCUT2D eigenvalue weighted by atomic mass is 10.1. The van der Waals surface area contributed by atoms with Gasteiger partial charge in [0.25, 0.3) is 0 Å². The van der Waals surface area contributed by atoms with Gasteiger partial charge in [-0.25, -0.2) is 18.9 Å². The molecule has 2 aromatic heterocycles. The number of rotatable bonds is 7. The summed E-state index contributed by atoms with van der Waals surface area (Å²) in [6.07, 6.45) is 1.51. The highest BCUT2D eigenvalue weighted by Gasteiger charge is 2.19. The average molecular weight is 516 g/mol. The fourth-order valence-corrected chi connectivity index (χ4v) is 4.62. The van der Waals surface area contributed by atoms with Crippen molar-refractivity contribution in [2.24, 2.45) is 0 Å². The van der Waals surface area contributed by atoms with Crippen LogP contribution in [0.15, 0.2) is 60.9 Å². The van der Waals surface area contributed by atoms with E-state index >= 15 is 0 Å². The third-order valence-corrected chi connectivity index (χ3v) is 6.28. The van der Waals surface area contributed by atoms with Crippen LogP contribution in [0.1, 0.15) is 22.8 Å². The van der Waals surface area contributed by atoms with Crippen LogP contribution in [0.4, 0.5) is 15.3 Å². The normalized spacial score (nSPS) is 10.7. The molecule has 4 rings (SSSR count). The van der Waals surface area contributed by atoms with E-state index in [4.69, 9.17) is 28.6 Å². The van der Waals surface area contributed by atoms with Gasteiger partial charge in [-0.1, -0.05) is 48.0 Å². The molecule has 0 aliphatic heterocycles. The Morgan fingerprint density at radius 1 is 1.21 bits per heavy atom. The molecule has 174 valence electrons. The van der Waals surface area contributed by atoms with Crippen LogP contribution in [-0.2, 0) is 11.3 Å². The van der Waals surface area contributed by atoms with Gasteiger partial charge in [-0.15, -0.1) is 16.4 Å². The van der Waals surface area contributed by atoms with Gasteiger partial charge < -0.3 is 10.1 Å². The van der Waals surface area contributed by atoms with E-state index in [1.165, 1.54) is 29.8 Å². The Kier molecular flexibility index (Phi) is 7.51. The maximum atomic E-state index is 13.3. The number of hydrogen-bond acceptors (Lipinski definition) is 6. The summed E-state index contributed by atoms with van der Waals surface area (Å²) in [6.45, 7) is 2.33. The molecule has 2 aromatic carbocycles. The van der Waals surface area contributed by atoms with Gasteiger partial charge in [0.2, 0.25) is 5.95 Å². The molecule has 0 spiro atoms. The zero-order valence-corrected chi connectivity index (χ0v) is 20.3. The molecule has 34 heavy (non-hydrogen) atoms. The molecular formula is C23H19ClFN5O2S2. The monoisotopic (exact) mass is 515 g/mol. The third-order valence-electron chi connectivity index (χ3n) is 4.62. The molecule has 0 aliphatic rings. The van der Waals surface area contributed by atoms with Crippen molar-refractivity contribution in [2.75, 3.05) is 17.2 Å². The minimum atomic E-state index is -0.440. The molecule has 0 unspecified atom stereocenters. The van der Waals surface area contributed by atoms with Crippen LogP contribution in [0.25, 0.3) is 10.4 Å². The van der Waals surface area contributed by atoms with Crippen LogP contribution >= 0.6 is 35.2 Å². The standard InChI is InChI=1S/C23H19ClFN5O2S2/c1-2-32-21(31)17-11-19(14-6-4-3-5-7-14)34-20(17)27-23(33)28-22-26-13-30(29-22)12-15-8-9-16(25)10-18(15)24/h3-11,13H,2,12H2,1H3,(H2,27,28,29,33). The van der Waals surface area contributed by atoms with E-state index in [1.54, 1.807) is 23.7 Å². The SMILES string of the molecule is CCOC(=O)c1cc(-c2ccccc2)sc1NC(=S)Nc1ncn(Cc2ccc(F)cc2Cl)n1. The number of nitrogens with one attached hydrogen (secondary N) is 2. The molecule has 0 aliphatic carbocycles. The molecular weight excluding hydrogens is 497 g/mol. The largest absolute Gasteiger partial charge is 0.462 e. The predicted octanol–water partition coefficient (Wildman–Crippen LogP) is 5.83. The first kappa shape index (κ1) is 23.8. The van der Waals surface area contributed by atoms with Crippen LogP contribution in [0.3, 0.4) is 0 Å². The van der Waals surface area contributed by atoms with Crippen molar-refractivity contribution < 1.29 is 13.9 Å². The Morgan fingerprint density at radius 2 is 2.00 bits per heavy atom. The molecule has 0 atom stereocenters. The van der Waals surface area contributed by atoms with E-state index in [0.717, 1.165) is 10.4 Å². The predicted molar refractivity (Wildman–Crippen MR) is 136 cm³/mol. The number of carbonyl (C=O) groups is 1. The maximum absolute atomic E-state index is 13.3. The van der Waals surface area contributed by atoms with Gasteiger partial charge in [-0.2, -0.15) is 0 Å². The van der Waals surface area contributed by atoms with Crippen LogP contribution in [0, 0.1) is 5.82 Å². The molecule has 0 saturated heterocycles. The number of ether oxygens (including phenoxy) is 1. The number of hydrogen-bond donors (Lipinski definition) is 2. The number of aromatic nitrogens is 3. The zero-order chi connectivity index (χ0) is 24.1. The first-order valence-electron chi connectivity index (χ1n) is 10.2. The van der Waals surface area contributed by atoms with E-state index in [2.05, 4.69) is 20.7 Å². The Hall–Kier alpha value is -3.34. The summed E-state index contributed by atoms with van der Waals surface area (Å²) in [7, 11) is 0. The number of benzene rings is 2. The number of esters is 1. The first-order chi connectivity index (χ1) is 16.4. The summed E-state index contributed by atoms with van der Waals surface area (Å²) in [5.74, 6) is -0.588. The zero-order valence-electron chi connectivity index (χ0n) is 17.9. The number of nitrogens with zero attached hydrogens (tertiary/aromatic N) is 3. The minimum absolute atomic E-state index is 0.213. The van der Waals surface area contributed by atoms with Crippen molar-refractivity contribution in [3.8, 4) is 10.4 Å². The molecule has 0 radical (unpaired) electrons. The number of thiophene rings is 1. The van der Waals surface area contributed by atoms with Gasteiger partial charge in [-0.3, -0.25) is 5.32 Å². The summed E-state index contributed by atoms with van der Waals surface area (Å²) in [6, 6.07) is 15.7. The van der Waals surface area contributed by atoms with Gasteiger partial charge in [0.05, 0.1) is 18.7 Å². The van der Waals surface area contributed by atoms with E-state index in [-0.39, 0.29) is 17.7 Å². The summed E-state index contributed by atoms with van der Waals surface area (Å²) in [5.41, 5.74) is 2.07. The lowest BCUT2D eigenvalue weighted by Crippen LogP contribution is -2.21. The van der Waals surface area contributed by atoms with E-state index in [9.17, 15) is 9.18 Å². The topological polar surface area (TPSA) is 81.1 Å². The summed E-state index contributed by atoms with van der Waals surface area (Å²) >= 11 is 12.9.